The van der Waals surface area contributed by atoms with Gasteiger partial charge in [-0.25, -0.2) is 0 Å². The fourth-order valence-corrected chi connectivity index (χ4v) is 4.01. The Bertz CT molecular complexity index is 421. The van der Waals surface area contributed by atoms with Gasteiger partial charge in [-0.1, -0.05) is 0 Å². The summed E-state index contributed by atoms with van der Waals surface area (Å²) >= 11 is 0. The van der Waals surface area contributed by atoms with Crippen molar-refractivity contribution in [3.8, 4) is 0 Å². The highest BCUT2D eigenvalue weighted by Gasteiger charge is 2.39. The predicted molar refractivity (Wildman–Crippen MR) is 70.0 cm³/mol. The smallest absolute Gasteiger partial charge is 0.322 e. The molecule has 0 spiro atoms. The Kier molecular flexibility index (Phi) is 5.31. The summed E-state index contributed by atoms with van der Waals surface area (Å²) in [5, 5.41) is 9.12. The molecule has 1 fully saturated rings. The van der Waals surface area contributed by atoms with Crippen molar-refractivity contribution in [1.82, 2.24) is 9.03 Å². The highest BCUT2D eigenvalue weighted by molar-refractivity contribution is 7.87. The van der Waals surface area contributed by atoms with Crippen molar-refractivity contribution in [2.75, 3.05) is 20.3 Å². The van der Waals surface area contributed by atoms with Crippen molar-refractivity contribution < 1.29 is 23.1 Å². The summed E-state index contributed by atoms with van der Waals surface area (Å²) in [5.74, 6) is -1.10. The van der Waals surface area contributed by atoms with E-state index in [1.807, 2.05) is 0 Å². The first-order valence-corrected chi connectivity index (χ1v) is 7.66. The van der Waals surface area contributed by atoms with E-state index in [0.29, 0.717) is 12.8 Å². The van der Waals surface area contributed by atoms with Crippen LogP contribution in [0.1, 0.15) is 33.1 Å². The molecule has 1 aliphatic heterocycles. The van der Waals surface area contributed by atoms with Gasteiger partial charge in [-0.15, -0.1) is 0 Å². The molecule has 1 saturated heterocycles. The molecule has 1 unspecified atom stereocenters. The molecule has 7 nitrogen and oxygen atoms in total. The third kappa shape index (κ3) is 4.41. The van der Waals surface area contributed by atoms with E-state index in [9.17, 15) is 13.2 Å². The number of carboxylic acid groups (broad SMARTS) is 1. The number of nitrogens with zero attached hydrogens (tertiary/aromatic N) is 1. The Morgan fingerprint density at radius 2 is 2.11 bits per heavy atom. The van der Waals surface area contributed by atoms with Crippen LogP contribution in [0.3, 0.4) is 0 Å². The van der Waals surface area contributed by atoms with E-state index in [-0.39, 0.29) is 13.2 Å². The number of hydrogen-bond acceptors (Lipinski definition) is 4. The van der Waals surface area contributed by atoms with Crippen molar-refractivity contribution >= 4 is 16.2 Å². The zero-order valence-corrected chi connectivity index (χ0v) is 12.4. The van der Waals surface area contributed by atoms with Gasteiger partial charge in [0.15, 0.2) is 0 Å². The Hall–Kier alpha value is -0.700. The molecular formula is C11H22N2O5S. The van der Waals surface area contributed by atoms with Gasteiger partial charge in [0.05, 0.1) is 12.1 Å². The minimum Gasteiger partial charge on any atom is -0.480 e. The van der Waals surface area contributed by atoms with Gasteiger partial charge in [0, 0.05) is 13.7 Å². The number of ether oxygens (including phenoxy) is 1. The van der Waals surface area contributed by atoms with E-state index in [2.05, 4.69) is 4.72 Å². The number of rotatable bonds is 6. The molecule has 0 saturated carbocycles. The SMILES string of the molecule is COCC(C)(C)NS(=O)(=O)N1CCCCC1C(=O)O. The average Bonchev–Trinajstić information content (AvgIpc) is 2.27. The monoisotopic (exact) mass is 294 g/mol. The minimum atomic E-state index is -3.83. The van der Waals surface area contributed by atoms with Crippen LogP contribution in [0, 0.1) is 0 Å². The molecule has 0 aromatic carbocycles. The minimum absolute atomic E-state index is 0.206. The summed E-state index contributed by atoms with van der Waals surface area (Å²) in [7, 11) is -2.35. The van der Waals surface area contributed by atoms with Crippen molar-refractivity contribution in [2.24, 2.45) is 0 Å². The molecule has 2 N–H and O–H groups in total. The zero-order chi connectivity index (χ0) is 14.7. The number of methoxy groups -OCH3 is 1. The third-order valence-electron chi connectivity index (χ3n) is 2.96. The van der Waals surface area contributed by atoms with Gasteiger partial charge in [0.1, 0.15) is 6.04 Å². The van der Waals surface area contributed by atoms with Crippen LogP contribution in [0.5, 0.6) is 0 Å². The summed E-state index contributed by atoms with van der Waals surface area (Å²) in [6.45, 7) is 3.81. The molecule has 0 bridgehead atoms. The second-order valence-electron chi connectivity index (χ2n) is 5.38. The molecule has 0 aromatic rings. The van der Waals surface area contributed by atoms with Crippen LogP contribution in [0.25, 0.3) is 0 Å². The highest BCUT2D eigenvalue weighted by Crippen LogP contribution is 2.21. The maximum atomic E-state index is 12.3. The number of carbonyl (C=O) groups is 1. The quantitative estimate of drug-likeness (QED) is 0.729. The molecule has 1 rings (SSSR count). The third-order valence-corrected chi connectivity index (χ3v) is 4.82. The molecule has 1 heterocycles. The molecular weight excluding hydrogens is 272 g/mol. The Morgan fingerprint density at radius 1 is 1.47 bits per heavy atom. The average molecular weight is 294 g/mol. The second-order valence-corrected chi connectivity index (χ2v) is 7.01. The van der Waals surface area contributed by atoms with E-state index in [1.165, 1.54) is 7.11 Å². The summed E-state index contributed by atoms with van der Waals surface area (Å²) in [6, 6.07) is -0.982. The van der Waals surface area contributed by atoms with Gasteiger partial charge < -0.3 is 9.84 Å². The van der Waals surface area contributed by atoms with E-state index < -0.39 is 27.8 Å². The van der Waals surface area contributed by atoms with Gasteiger partial charge in [0.25, 0.3) is 10.2 Å². The number of nitrogens with one attached hydrogen (secondary N) is 1. The van der Waals surface area contributed by atoms with Crippen molar-refractivity contribution in [2.45, 2.75) is 44.7 Å². The van der Waals surface area contributed by atoms with Gasteiger partial charge >= 0.3 is 5.97 Å². The molecule has 0 radical (unpaired) electrons. The van der Waals surface area contributed by atoms with E-state index in [1.54, 1.807) is 13.8 Å². The van der Waals surface area contributed by atoms with Crippen LogP contribution in [-0.2, 0) is 19.7 Å². The van der Waals surface area contributed by atoms with Crippen LogP contribution in [0.4, 0.5) is 0 Å². The molecule has 0 aromatic heterocycles. The number of hydrogen-bond donors (Lipinski definition) is 2. The Morgan fingerprint density at radius 3 is 2.63 bits per heavy atom. The van der Waals surface area contributed by atoms with E-state index in [0.717, 1.165) is 10.7 Å². The van der Waals surface area contributed by atoms with Crippen LogP contribution in [0.15, 0.2) is 0 Å². The van der Waals surface area contributed by atoms with Gasteiger partial charge in [0.2, 0.25) is 0 Å². The lowest BCUT2D eigenvalue weighted by Gasteiger charge is -2.35. The molecule has 112 valence electrons. The van der Waals surface area contributed by atoms with Crippen LogP contribution in [-0.4, -0.2) is 55.6 Å². The lowest BCUT2D eigenvalue weighted by atomic mass is 10.1. The topological polar surface area (TPSA) is 95.9 Å². The molecule has 1 atom stereocenters. The summed E-state index contributed by atoms with van der Waals surface area (Å²) in [6.07, 6.45) is 1.75. The lowest BCUT2D eigenvalue weighted by molar-refractivity contribution is -0.142. The number of carboxylic acids is 1. The standard InChI is InChI=1S/C11H22N2O5S/c1-11(2,8-18-3)12-19(16,17)13-7-5-4-6-9(13)10(14)15/h9,12H,4-8H2,1-3H3,(H,14,15). The van der Waals surface area contributed by atoms with Gasteiger partial charge in [-0.05, 0) is 33.1 Å². The first-order chi connectivity index (χ1) is 8.69. The second kappa shape index (κ2) is 6.17. The molecule has 8 heteroatoms. The van der Waals surface area contributed by atoms with Gasteiger partial charge in [-0.3, -0.25) is 4.79 Å². The van der Waals surface area contributed by atoms with Gasteiger partial charge in [-0.2, -0.15) is 17.4 Å². The number of aliphatic carboxylic acids is 1. The summed E-state index contributed by atoms with van der Waals surface area (Å²) in [5.41, 5.74) is -0.784. The van der Waals surface area contributed by atoms with E-state index in [4.69, 9.17) is 9.84 Å². The van der Waals surface area contributed by atoms with Crippen molar-refractivity contribution in [3.05, 3.63) is 0 Å². The first-order valence-electron chi connectivity index (χ1n) is 6.22. The fraction of sp³-hybridized carbons (Fsp3) is 0.909. The highest BCUT2D eigenvalue weighted by atomic mass is 32.2. The molecule has 19 heavy (non-hydrogen) atoms. The molecule has 0 amide bonds. The Labute approximate surface area is 114 Å². The van der Waals surface area contributed by atoms with Crippen molar-refractivity contribution in [1.29, 1.82) is 0 Å². The normalized spacial score (nSPS) is 22.4. The summed E-state index contributed by atoms with van der Waals surface area (Å²) in [4.78, 5) is 11.1. The number of piperidine rings is 1. The fourth-order valence-electron chi connectivity index (χ4n) is 2.24. The zero-order valence-electron chi connectivity index (χ0n) is 11.5. The van der Waals surface area contributed by atoms with Crippen LogP contribution < -0.4 is 4.72 Å². The Balaban J connectivity index is 2.88. The lowest BCUT2D eigenvalue weighted by Crippen LogP contribution is -2.57. The summed E-state index contributed by atoms with van der Waals surface area (Å²) < 4.78 is 33.1. The van der Waals surface area contributed by atoms with Crippen LogP contribution >= 0.6 is 0 Å². The first kappa shape index (κ1) is 16.4. The van der Waals surface area contributed by atoms with E-state index >= 15 is 0 Å². The predicted octanol–water partition coefficient (Wildman–Crippen LogP) is 0.185. The maximum absolute atomic E-state index is 12.3. The largest absolute Gasteiger partial charge is 0.480 e. The van der Waals surface area contributed by atoms with Crippen LogP contribution in [0.2, 0.25) is 0 Å². The maximum Gasteiger partial charge on any atom is 0.322 e. The molecule has 1 aliphatic rings. The molecule has 0 aliphatic carbocycles. The van der Waals surface area contributed by atoms with Crippen molar-refractivity contribution in [3.63, 3.8) is 0 Å².